The number of benzene rings is 2. The summed E-state index contributed by atoms with van der Waals surface area (Å²) in [5.41, 5.74) is 3.35. The largest absolute Gasteiger partial charge is 0.490 e. The Bertz CT molecular complexity index is 567. The van der Waals surface area contributed by atoms with E-state index in [2.05, 4.69) is 19.1 Å². The van der Waals surface area contributed by atoms with E-state index in [1.807, 2.05) is 24.3 Å². The Balaban J connectivity index is 2.34. The molecule has 0 aliphatic heterocycles. The molecule has 0 heterocycles. The van der Waals surface area contributed by atoms with Crippen LogP contribution in [0.4, 0.5) is 0 Å². The van der Waals surface area contributed by atoms with E-state index in [9.17, 15) is 10.0 Å². The molecule has 0 aliphatic rings. The maximum atomic E-state index is 9.49. The number of unbranched alkanes of at least 4 members (excludes halogenated alkanes) is 1. The molecular formula is C16H18BClO2. The van der Waals surface area contributed by atoms with Gasteiger partial charge in [-0.2, -0.15) is 0 Å². The molecule has 0 unspecified atom stereocenters. The third-order valence-corrected chi connectivity index (χ3v) is 3.72. The third-order valence-electron chi connectivity index (χ3n) is 3.40. The summed E-state index contributed by atoms with van der Waals surface area (Å²) in [5.74, 6) is 0. The highest BCUT2D eigenvalue weighted by atomic mass is 35.5. The molecule has 0 radical (unpaired) electrons. The Kier molecular flexibility index (Phi) is 5.24. The second-order valence-electron chi connectivity index (χ2n) is 4.88. The molecule has 104 valence electrons. The summed E-state index contributed by atoms with van der Waals surface area (Å²) >= 11 is 6.05. The number of halogens is 1. The quantitative estimate of drug-likeness (QED) is 0.830. The van der Waals surface area contributed by atoms with Gasteiger partial charge in [-0.15, -0.1) is 0 Å². The molecule has 0 amide bonds. The van der Waals surface area contributed by atoms with Gasteiger partial charge in [0.1, 0.15) is 0 Å². The minimum absolute atomic E-state index is 0.357. The van der Waals surface area contributed by atoms with Crippen LogP contribution in [0.5, 0.6) is 0 Å². The molecule has 0 saturated carbocycles. The van der Waals surface area contributed by atoms with Gasteiger partial charge >= 0.3 is 7.12 Å². The van der Waals surface area contributed by atoms with Crippen LogP contribution in [0.3, 0.4) is 0 Å². The van der Waals surface area contributed by atoms with E-state index in [0.29, 0.717) is 10.5 Å². The summed E-state index contributed by atoms with van der Waals surface area (Å²) in [7, 11) is -1.57. The Labute approximate surface area is 125 Å². The molecule has 0 saturated heterocycles. The smallest absolute Gasteiger partial charge is 0.423 e. The minimum Gasteiger partial charge on any atom is -0.423 e. The van der Waals surface area contributed by atoms with Crippen molar-refractivity contribution in [2.75, 3.05) is 0 Å². The molecule has 2 nitrogen and oxygen atoms in total. The first-order chi connectivity index (χ1) is 9.63. The fraction of sp³-hybridized carbons (Fsp3) is 0.250. The average molecular weight is 289 g/mol. The van der Waals surface area contributed by atoms with E-state index in [4.69, 9.17) is 11.6 Å². The number of hydrogen-bond donors (Lipinski definition) is 2. The predicted octanol–water partition coefficient (Wildman–Crippen LogP) is 3.03. The van der Waals surface area contributed by atoms with Crippen molar-refractivity contribution in [1.29, 1.82) is 0 Å². The van der Waals surface area contributed by atoms with Crippen LogP contribution >= 0.6 is 11.6 Å². The van der Waals surface area contributed by atoms with Crippen molar-refractivity contribution < 1.29 is 10.0 Å². The topological polar surface area (TPSA) is 40.5 Å². The lowest BCUT2D eigenvalue weighted by atomic mass is 9.75. The average Bonchev–Trinajstić information content (AvgIpc) is 2.45. The summed E-state index contributed by atoms with van der Waals surface area (Å²) in [6.45, 7) is 2.18. The van der Waals surface area contributed by atoms with Crippen LogP contribution in [0.15, 0.2) is 42.5 Å². The minimum atomic E-state index is -1.57. The summed E-state index contributed by atoms with van der Waals surface area (Å²) in [5, 5.41) is 19.3. The molecule has 2 aromatic rings. The molecule has 0 atom stereocenters. The highest BCUT2D eigenvalue weighted by Gasteiger charge is 2.20. The van der Waals surface area contributed by atoms with E-state index in [-0.39, 0.29) is 0 Å². The van der Waals surface area contributed by atoms with Gasteiger partial charge in [0.15, 0.2) is 0 Å². The Morgan fingerprint density at radius 3 is 2.35 bits per heavy atom. The van der Waals surface area contributed by atoms with Gasteiger partial charge in [0.2, 0.25) is 0 Å². The fourth-order valence-corrected chi connectivity index (χ4v) is 2.56. The molecule has 20 heavy (non-hydrogen) atoms. The molecule has 0 fully saturated rings. The molecule has 0 aromatic heterocycles. The molecule has 4 heteroatoms. The SMILES string of the molecule is CCCCc1ccc(-c2cccc(Cl)c2B(O)O)cc1. The van der Waals surface area contributed by atoms with Crippen molar-refractivity contribution in [3.8, 4) is 11.1 Å². The summed E-state index contributed by atoms with van der Waals surface area (Å²) in [6.07, 6.45) is 3.43. The fourth-order valence-electron chi connectivity index (χ4n) is 2.28. The van der Waals surface area contributed by atoms with Crippen LogP contribution in [0, 0.1) is 0 Å². The number of hydrogen-bond acceptors (Lipinski definition) is 2. The molecule has 0 aliphatic carbocycles. The van der Waals surface area contributed by atoms with Gasteiger partial charge in [-0.25, -0.2) is 0 Å². The maximum absolute atomic E-state index is 9.49. The van der Waals surface area contributed by atoms with E-state index in [1.165, 1.54) is 18.4 Å². The van der Waals surface area contributed by atoms with Gasteiger partial charge in [0.05, 0.1) is 0 Å². The number of rotatable bonds is 5. The van der Waals surface area contributed by atoms with E-state index in [0.717, 1.165) is 17.5 Å². The number of aryl methyl sites for hydroxylation is 1. The summed E-state index contributed by atoms with van der Waals surface area (Å²) in [6, 6.07) is 13.5. The van der Waals surface area contributed by atoms with E-state index in [1.54, 1.807) is 6.07 Å². The van der Waals surface area contributed by atoms with Crippen LogP contribution in [-0.4, -0.2) is 17.2 Å². The Morgan fingerprint density at radius 2 is 1.75 bits per heavy atom. The molecular weight excluding hydrogens is 270 g/mol. The summed E-state index contributed by atoms with van der Waals surface area (Å²) < 4.78 is 0. The molecule has 0 spiro atoms. The van der Waals surface area contributed by atoms with Crippen LogP contribution in [0.1, 0.15) is 25.3 Å². The first-order valence-corrected chi connectivity index (χ1v) is 7.25. The second-order valence-corrected chi connectivity index (χ2v) is 5.28. The van der Waals surface area contributed by atoms with Crippen LogP contribution in [-0.2, 0) is 6.42 Å². The van der Waals surface area contributed by atoms with Gasteiger partial charge in [-0.3, -0.25) is 0 Å². The normalized spacial score (nSPS) is 10.6. The van der Waals surface area contributed by atoms with Crippen molar-refractivity contribution in [3.05, 3.63) is 53.1 Å². The first-order valence-electron chi connectivity index (χ1n) is 6.87. The van der Waals surface area contributed by atoms with Gasteiger partial charge < -0.3 is 10.0 Å². The van der Waals surface area contributed by atoms with Gasteiger partial charge in [-0.1, -0.05) is 61.3 Å². The van der Waals surface area contributed by atoms with Crippen molar-refractivity contribution in [1.82, 2.24) is 0 Å². The lowest BCUT2D eigenvalue weighted by Crippen LogP contribution is -2.32. The van der Waals surface area contributed by atoms with Crippen molar-refractivity contribution in [3.63, 3.8) is 0 Å². The summed E-state index contributed by atoms with van der Waals surface area (Å²) in [4.78, 5) is 0. The standard InChI is InChI=1S/C16H18BClO2/c1-2-3-5-12-8-10-13(11-9-12)14-6-4-7-15(18)16(14)17(19)20/h4,6-11,19-20H,2-3,5H2,1H3. The van der Waals surface area contributed by atoms with Gasteiger partial charge in [0.25, 0.3) is 0 Å². The Hall–Kier alpha value is -1.29. The van der Waals surface area contributed by atoms with E-state index < -0.39 is 7.12 Å². The molecule has 0 bridgehead atoms. The second kappa shape index (κ2) is 6.93. The zero-order chi connectivity index (χ0) is 14.5. The predicted molar refractivity (Wildman–Crippen MR) is 85.3 cm³/mol. The van der Waals surface area contributed by atoms with Gasteiger partial charge in [0, 0.05) is 10.5 Å². The third kappa shape index (κ3) is 3.43. The molecule has 2 aromatic carbocycles. The van der Waals surface area contributed by atoms with E-state index >= 15 is 0 Å². The monoisotopic (exact) mass is 288 g/mol. The maximum Gasteiger partial charge on any atom is 0.490 e. The Morgan fingerprint density at radius 1 is 1.05 bits per heavy atom. The first kappa shape index (κ1) is 15.1. The van der Waals surface area contributed by atoms with Crippen LogP contribution in [0.2, 0.25) is 5.02 Å². The molecule has 2 N–H and O–H groups in total. The highest BCUT2D eigenvalue weighted by molar-refractivity contribution is 6.64. The lowest BCUT2D eigenvalue weighted by Gasteiger charge is -2.11. The zero-order valence-electron chi connectivity index (χ0n) is 11.5. The van der Waals surface area contributed by atoms with Crippen molar-refractivity contribution in [2.45, 2.75) is 26.2 Å². The van der Waals surface area contributed by atoms with Crippen LogP contribution < -0.4 is 5.46 Å². The molecule has 2 rings (SSSR count). The highest BCUT2D eigenvalue weighted by Crippen LogP contribution is 2.22. The zero-order valence-corrected chi connectivity index (χ0v) is 12.3. The van der Waals surface area contributed by atoms with Crippen molar-refractivity contribution in [2.24, 2.45) is 0 Å². The van der Waals surface area contributed by atoms with Gasteiger partial charge in [-0.05, 0) is 35.6 Å². The van der Waals surface area contributed by atoms with Crippen molar-refractivity contribution >= 4 is 24.2 Å². The van der Waals surface area contributed by atoms with Crippen LogP contribution in [0.25, 0.3) is 11.1 Å². The lowest BCUT2D eigenvalue weighted by molar-refractivity contribution is 0.426.